The number of H-pyrrole nitrogens is 1. The first-order valence-electron chi connectivity index (χ1n) is 12.8. The zero-order valence-corrected chi connectivity index (χ0v) is 22.4. The fraction of sp³-hybridized carbons (Fsp3) is 0.462. The lowest BCUT2D eigenvalue weighted by atomic mass is 10.0. The van der Waals surface area contributed by atoms with Crippen LogP contribution in [-0.4, -0.2) is 69.8 Å². The van der Waals surface area contributed by atoms with Crippen LogP contribution >= 0.6 is 0 Å². The van der Waals surface area contributed by atoms with E-state index in [-0.39, 0.29) is 31.6 Å². The fourth-order valence-electron chi connectivity index (χ4n) is 4.11. The van der Waals surface area contributed by atoms with E-state index < -0.39 is 66.1 Å². The van der Waals surface area contributed by atoms with Crippen LogP contribution in [-0.2, 0) is 35.2 Å². The molecule has 0 fully saturated rings. The molecule has 11 N–H and O–H groups in total. The maximum absolute atomic E-state index is 13.5. The van der Waals surface area contributed by atoms with Crippen molar-refractivity contribution in [3.63, 3.8) is 0 Å². The molecule has 1 heterocycles. The molecule has 2 rings (SSSR count). The molecule has 0 aliphatic heterocycles. The van der Waals surface area contributed by atoms with Gasteiger partial charge >= 0.3 is 5.97 Å². The van der Waals surface area contributed by atoms with Crippen LogP contribution in [0.1, 0.15) is 45.1 Å². The topological polar surface area (TPSA) is 253 Å². The van der Waals surface area contributed by atoms with Gasteiger partial charge in [-0.2, -0.15) is 0 Å². The van der Waals surface area contributed by atoms with Gasteiger partial charge in [-0.3, -0.25) is 24.0 Å². The van der Waals surface area contributed by atoms with Crippen LogP contribution in [0.3, 0.4) is 0 Å². The number of carboxylic acids is 1. The fourth-order valence-corrected chi connectivity index (χ4v) is 4.11. The van der Waals surface area contributed by atoms with Crippen molar-refractivity contribution in [3.05, 3.63) is 36.0 Å². The second kappa shape index (κ2) is 14.6. The Bertz CT molecular complexity index is 1240. The molecule has 14 nitrogen and oxygen atoms in total. The van der Waals surface area contributed by atoms with Gasteiger partial charge in [0.15, 0.2) is 0 Å². The SMILES string of the molecule is CC(C)CC(NC(=O)C(CCC(N)=O)NC(=O)C(Cc1c[nH]c2ccccc12)NC(=O)C(N)CC(N)=O)C(=O)O. The number of nitrogens with one attached hydrogen (secondary N) is 4. The molecular weight excluding hydrogens is 522 g/mol. The summed E-state index contributed by atoms with van der Waals surface area (Å²) in [5.74, 6) is -5.30. The first-order chi connectivity index (χ1) is 18.8. The number of carbonyl (C=O) groups excluding carboxylic acids is 5. The van der Waals surface area contributed by atoms with Gasteiger partial charge in [-0.25, -0.2) is 4.79 Å². The molecule has 4 atom stereocenters. The number of primary amides is 2. The third-order valence-electron chi connectivity index (χ3n) is 6.12. The quantitative estimate of drug-likeness (QED) is 0.123. The van der Waals surface area contributed by atoms with E-state index in [9.17, 15) is 33.9 Å². The van der Waals surface area contributed by atoms with Crippen molar-refractivity contribution >= 4 is 46.4 Å². The average Bonchev–Trinajstić information content (AvgIpc) is 3.27. The summed E-state index contributed by atoms with van der Waals surface area (Å²) in [4.78, 5) is 76.6. The van der Waals surface area contributed by atoms with E-state index in [0.29, 0.717) is 5.56 Å². The molecule has 14 heteroatoms. The number of carboxylic acid groups (broad SMARTS) is 1. The van der Waals surface area contributed by atoms with Crippen LogP contribution < -0.4 is 33.2 Å². The number of benzene rings is 1. The van der Waals surface area contributed by atoms with E-state index in [1.165, 1.54) is 0 Å². The highest BCUT2D eigenvalue weighted by atomic mass is 16.4. The molecule has 0 saturated carbocycles. The number of hydrogen-bond acceptors (Lipinski definition) is 7. The van der Waals surface area contributed by atoms with E-state index in [0.717, 1.165) is 10.9 Å². The van der Waals surface area contributed by atoms with Crippen LogP contribution in [0, 0.1) is 5.92 Å². The number of nitrogens with two attached hydrogens (primary N) is 3. The Morgan fingerprint density at radius 3 is 2.08 bits per heavy atom. The van der Waals surface area contributed by atoms with Crippen LogP contribution in [0.25, 0.3) is 10.9 Å². The van der Waals surface area contributed by atoms with Gasteiger partial charge in [-0.1, -0.05) is 32.0 Å². The molecule has 40 heavy (non-hydrogen) atoms. The number of para-hydroxylation sites is 1. The lowest BCUT2D eigenvalue weighted by Crippen LogP contribution is -2.58. The van der Waals surface area contributed by atoms with Gasteiger partial charge in [0.05, 0.1) is 12.5 Å². The molecule has 1 aromatic heterocycles. The van der Waals surface area contributed by atoms with Crippen molar-refractivity contribution in [2.45, 2.75) is 70.1 Å². The Labute approximate surface area is 230 Å². The number of rotatable bonds is 16. The molecule has 0 aliphatic carbocycles. The molecule has 5 amide bonds. The largest absolute Gasteiger partial charge is 0.480 e. The van der Waals surface area contributed by atoms with Gasteiger partial charge in [0, 0.05) is 29.9 Å². The molecule has 0 saturated heterocycles. The Hall–Kier alpha value is -4.46. The Kier molecular flexibility index (Phi) is 11.6. The monoisotopic (exact) mass is 559 g/mol. The van der Waals surface area contributed by atoms with E-state index >= 15 is 0 Å². The highest BCUT2D eigenvalue weighted by molar-refractivity contribution is 5.96. The van der Waals surface area contributed by atoms with Gasteiger partial charge in [-0.05, 0) is 30.4 Å². The van der Waals surface area contributed by atoms with Crippen molar-refractivity contribution < 1.29 is 33.9 Å². The second-order valence-corrected chi connectivity index (χ2v) is 10.00. The standard InChI is InChI=1S/C26H37N7O7/c1-13(2)9-20(26(39)40)33-24(37)18(7-8-21(28)34)31-25(38)19(32-23(36)16(27)11-22(29)35)10-14-12-30-17-6-4-3-5-15(14)17/h3-6,12-13,16,18-20,30H,7-11,27H2,1-2H3,(H2,28,34)(H2,29,35)(H,31,38)(H,32,36)(H,33,37)(H,39,40). The normalized spacial score (nSPS) is 14.1. The Morgan fingerprint density at radius 2 is 1.48 bits per heavy atom. The lowest BCUT2D eigenvalue weighted by Gasteiger charge is -2.25. The Balaban J connectivity index is 2.32. The molecule has 0 radical (unpaired) electrons. The summed E-state index contributed by atoms with van der Waals surface area (Å²) in [6.07, 6.45) is 0.832. The van der Waals surface area contributed by atoms with Crippen LogP contribution in [0.5, 0.6) is 0 Å². The van der Waals surface area contributed by atoms with E-state index in [2.05, 4.69) is 20.9 Å². The number of carbonyl (C=O) groups is 6. The van der Waals surface area contributed by atoms with Gasteiger partial charge in [0.25, 0.3) is 0 Å². The molecular formula is C26H37N7O7. The molecule has 4 unspecified atom stereocenters. The first-order valence-corrected chi connectivity index (χ1v) is 12.8. The van der Waals surface area contributed by atoms with Gasteiger partial charge in [0.2, 0.25) is 29.5 Å². The average molecular weight is 560 g/mol. The first kappa shape index (κ1) is 31.8. The molecule has 0 bridgehead atoms. The summed E-state index contributed by atoms with van der Waals surface area (Å²) in [6.45, 7) is 3.57. The van der Waals surface area contributed by atoms with Crippen molar-refractivity contribution in [1.82, 2.24) is 20.9 Å². The Morgan fingerprint density at radius 1 is 0.875 bits per heavy atom. The zero-order valence-electron chi connectivity index (χ0n) is 22.4. The van der Waals surface area contributed by atoms with Gasteiger partial charge < -0.3 is 43.2 Å². The number of fused-ring (bicyclic) bond motifs is 1. The van der Waals surface area contributed by atoms with Crippen LogP contribution in [0.2, 0.25) is 0 Å². The third-order valence-corrected chi connectivity index (χ3v) is 6.12. The summed E-state index contributed by atoms with van der Waals surface area (Å²) < 4.78 is 0. The van der Waals surface area contributed by atoms with E-state index in [1.54, 1.807) is 26.1 Å². The minimum Gasteiger partial charge on any atom is -0.480 e. The predicted molar refractivity (Wildman–Crippen MR) is 145 cm³/mol. The summed E-state index contributed by atoms with van der Waals surface area (Å²) in [6, 6.07) is 2.12. The predicted octanol–water partition coefficient (Wildman–Crippen LogP) is -1.24. The zero-order chi connectivity index (χ0) is 30.0. The van der Waals surface area contributed by atoms with Crippen LogP contribution in [0.4, 0.5) is 0 Å². The highest BCUT2D eigenvalue weighted by Gasteiger charge is 2.31. The molecule has 0 aliphatic rings. The molecule has 218 valence electrons. The number of hydrogen-bond donors (Lipinski definition) is 8. The van der Waals surface area contributed by atoms with Crippen molar-refractivity contribution in [1.29, 1.82) is 0 Å². The number of amides is 5. The molecule has 1 aromatic carbocycles. The summed E-state index contributed by atoms with van der Waals surface area (Å²) in [5, 5.41) is 17.7. The van der Waals surface area contributed by atoms with Crippen LogP contribution in [0.15, 0.2) is 30.5 Å². The van der Waals surface area contributed by atoms with E-state index in [4.69, 9.17) is 17.2 Å². The summed E-state index contributed by atoms with van der Waals surface area (Å²) in [5.41, 5.74) is 17.6. The number of aliphatic carboxylic acids is 1. The van der Waals surface area contributed by atoms with E-state index in [1.807, 2.05) is 18.2 Å². The van der Waals surface area contributed by atoms with Gasteiger partial charge in [-0.15, -0.1) is 0 Å². The minimum atomic E-state index is -1.34. The molecule has 0 spiro atoms. The summed E-state index contributed by atoms with van der Waals surface area (Å²) in [7, 11) is 0. The lowest BCUT2D eigenvalue weighted by molar-refractivity contribution is -0.143. The van der Waals surface area contributed by atoms with Crippen molar-refractivity contribution in [3.8, 4) is 0 Å². The minimum absolute atomic E-state index is 0.0276. The molecule has 2 aromatic rings. The highest BCUT2D eigenvalue weighted by Crippen LogP contribution is 2.19. The number of aromatic nitrogens is 1. The van der Waals surface area contributed by atoms with Gasteiger partial charge in [0.1, 0.15) is 18.1 Å². The maximum atomic E-state index is 13.5. The van der Waals surface area contributed by atoms with Crippen molar-refractivity contribution in [2.75, 3.05) is 0 Å². The third kappa shape index (κ3) is 9.69. The van der Waals surface area contributed by atoms with Crippen molar-refractivity contribution in [2.24, 2.45) is 23.1 Å². The maximum Gasteiger partial charge on any atom is 0.326 e. The second-order valence-electron chi connectivity index (χ2n) is 10.00. The number of aromatic amines is 1. The summed E-state index contributed by atoms with van der Waals surface area (Å²) >= 11 is 0. The smallest absolute Gasteiger partial charge is 0.326 e.